The fourth-order valence-corrected chi connectivity index (χ4v) is 6.21. The maximum Gasteiger partial charge on any atom is 0.323 e. The molecule has 0 N–H and O–H groups in total. The zero-order valence-electron chi connectivity index (χ0n) is 18.5. The Morgan fingerprint density at radius 1 is 1.09 bits per heavy atom. The van der Waals surface area contributed by atoms with Crippen molar-refractivity contribution >= 4 is 17.7 Å². The normalized spacial score (nSPS) is 30.0. The van der Waals surface area contributed by atoms with E-state index in [1.165, 1.54) is 7.11 Å². The molecule has 0 unspecified atom stereocenters. The van der Waals surface area contributed by atoms with Crippen LogP contribution in [0.4, 0.5) is 0 Å². The Kier molecular flexibility index (Phi) is 4.76. The van der Waals surface area contributed by atoms with Gasteiger partial charge in [0.15, 0.2) is 22.7 Å². The van der Waals surface area contributed by atoms with Gasteiger partial charge in [0.2, 0.25) is 5.78 Å². The van der Waals surface area contributed by atoms with Gasteiger partial charge < -0.3 is 28.6 Å². The molecule has 0 radical (unpaired) electrons. The number of amides is 1. The monoisotopic (exact) mass is 445 g/mol. The number of esters is 1. The second-order valence-corrected chi connectivity index (χ2v) is 8.67. The first-order valence-corrected chi connectivity index (χ1v) is 11.0. The summed E-state index contributed by atoms with van der Waals surface area (Å²) in [6, 6.07) is 3.67. The molecule has 32 heavy (non-hydrogen) atoms. The number of hydrogen-bond acceptors (Lipinski definition) is 8. The Morgan fingerprint density at radius 2 is 1.78 bits per heavy atom. The van der Waals surface area contributed by atoms with Gasteiger partial charge in [-0.25, -0.2) is 0 Å². The fourth-order valence-electron chi connectivity index (χ4n) is 6.21. The third-order valence-corrected chi connectivity index (χ3v) is 7.49. The molecule has 9 heteroatoms. The SMILES string of the molecule is CCOC(=O)[C@@]12CC3(CC[C@@]14c1cc(OC)c(OC)cc1CCN4C(=O)C2=O)OCCO3. The highest BCUT2D eigenvalue weighted by molar-refractivity contribution is 6.45. The lowest BCUT2D eigenvalue weighted by atomic mass is 9.55. The molecular weight excluding hydrogens is 418 g/mol. The van der Waals surface area contributed by atoms with Gasteiger partial charge in [-0.3, -0.25) is 14.4 Å². The van der Waals surface area contributed by atoms with Gasteiger partial charge in [0.25, 0.3) is 5.91 Å². The number of fused-ring (bicyclic) bond motifs is 1. The van der Waals surface area contributed by atoms with E-state index >= 15 is 0 Å². The lowest BCUT2D eigenvalue weighted by Gasteiger charge is -2.55. The van der Waals surface area contributed by atoms with Crippen molar-refractivity contribution in [1.29, 1.82) is 0 Å². The van der Waals surface area contributed by atoms with Crippen molar-refractivity contribution in [3.8, 4) is 11.5 Å². The summed E-state index contributed by atoms with van der Waals surface area (Å²) in [5.74, 6) is -2.17. The van der Waals surface area contributed by atoms with Crippen molar-refractivity contribution in [2.45, 2.75) is 43.9 Å². The van der Waals surface area contributed by atoms with Crippen molar-refractivity contribution in [1.82, 2.24) is 4.90 Å². The highest BCUT2D eigenvalue weighted by Crippen LogP contribution is 2.65. The summed E-state index contributed by atoms with van der Waals surface area (Å²) in [6.07, 6.45) is 1.24. The summed E-state index contributed by atoms with van der Waals surface area (Å²) in [7, 11) is 3.09. The Labute approximate surface area is 185 Å². The van der Waals surface area contributed by atoms with Crippen LogP contribution in [0.3, 0.4) is 0 Å². The standard InChI is InChI=1S/C23H27NO8/c1-4-30-20(27)22-13-21(31-9-10-32-21)6-7-23(22)15-12-17(29-3)16(28-2)11-14(15)5-8-24(23)19(26)18(22)25/h11-12H,4-10,13H2,1-3H3/t22-,23+/m0/s1. The zero-order valence-corrected chi connectivity index (χ0v) is 18.5. The van der Waals surface area contributed by atoms with E-state index < -0.39 is 34.4 Å². The van der Waals surface area contributed by atoms with Crippen LogP contribution in [-0.2, 0) is 40.6 Å². The third kappa shape index (κ3) is 2.43. The van der Waals surface area contributed by atoms with Gasteiger partial charge in [0.1, 0.15) is 0 Å². The molecular formula is C23H27NO8. The molecule has 3 aliphatic heterocycles. The number of hydrogen-bond donors (Lipinski definition) is 0. The largest absolute Gasteiger partial charge is 0.493 e. The van der Waals surface area contributed by atoms with Gasteiger partial charge in [-0.05, 0) is 43.0 Å². The molecule has 2 atom stereocenters. The first-order valence-electron chi connectivity index (χ1n) is 11.0. The van der Waals surface area contributed by atoms with Crippen molar-refractivity contribution in [3.63, 3.8) is 0 Å². The smallest absolute Gasteiger partial charge is 0.323 e. The molecule has 2 saturated heterocycles. The van der Waals surface area contributed by atoms with Gasteiger partial charge in [-0.1, -0.05) is 0 Å². The van der Waals surface area contributed by atoms with Crippen LogP contribution in [0.25, 0.3) is 0 Å². The minimum Gasteiger partial charge on any atom is -0.493 e. The molecule has 1 aromatic carbocycles. The van der Waals surface area contributed by atoms with Crippen LogP contribution in [0.1, 0.15) is 37.3 Å². The molecule has 0 aromatic heterocycles. The first-order chi connectivity index (χ1) is 15.4. The van der Waals surface area contributed by atoms with Crippen molar-refractivity contribution in [2.75, 3.05) is 40.6 Å². The zero-order chi connectivity index (χ0) is 22.7. The van der Waals surface area contributed by atoms with Crippen LogP contribution in [0.15, 0.2) is 12.1 Å². The third-order valence-electron chi connectivity index (χ3n) is 7.49. The van der Waals surface area contributed by atoms with Gasteiger partial charge in [-0.15, -0.1) is 0 Å². The fraction of sp³-hybridized carbons (Fsp3) is 0.609. The Hall–Kier alpha value is -2.65. The van der Waals surface area contributed by atoms with E-state index in [2.05, 4.69) is 0 Å². The summed E-state index contributed by atoms with van der Waals surface area (Å²) in [4.78, 5) is 42.3. The molecule has 3 heterocycles. The molecule has 1 aliphatic carbocycles. The van der Waals surface area contributed by atoms with E-state index in [0.29, 0.717) is 50.5 Å². The quantitative estimate of drug-likeness (QED) is 0.389. The molecule has 3 fully saturated rings. The Morgan fingerprint density at radius 3 is 2.44 bits per heavy atom. The van der Waals surface area contributed by atoms with E-state index in [0.717, 1.165) is 11.1 Å². The molecule has 9 nitrogen and oxygen atoms in total. The predicted molar refractivity (Wildman–Crippen MR) is 109 cm³/mol. The number of ether oxygens (including phenoxy) is 5. The van der Waals surface area contributed by atoms with E-state index in [9.17, 15) is 14.4 Å². The Bertz CT molecular complexity index is 1000. The minimum absolute atomic E-state index is 0.0618. The predicted octanol–water partition coefficient (Wildman–Crippen LogP) is 1.34. The maximum atomic E-state index is 13.7. The molecule has 1 amide bonds. The van der Waals surface area contributed by atoms with E-state index in [-0.39, 0.29) is 13.0 Å². The molecule has 1 saturated carbocycles. The van der Waals surface area contributed by atoms with Crippen LogP contribution in [0.2, 0.25) is 0 Å². The molecule has 172 valence electrons. The van der Waals surface area contributed by atoms with Gasteiger partial charge in [-0.2, -0.15) is 0 Å². The summed E-state index contributed by atoms with van der Waals surface area (Å²) in [6.45, 7) is 2.84. The summed E-state index contributed by atoms with van der Waals surface area (Å²) in [5.41, 5.74) is -1.32. The molecule has 1 aromatic rings. The topological polar surface area (TPSA) is 101 Å². The molecule has 5 rings (SSSR count). The molecule has 4 aliphatic rings. The van der Waals surface area contributed by atoms with Crippen molar-refractivity contribution in [2.24, 2.45) is 5.41 Å². The summed E-state index contributed by atoms with van der Waals surface area (Å²) in [5, 5.41) is 0. The average Bonchev–Trinajstić information content (AvgIpc) is 3.33. The second-order valence-electron chi connectivity index (χ2n) is 8.67. The van der Waals surface area contributed by atoms with Crippen LogP contribution in [0.5, 0.6) is 11.5 Å². The second kappa shape index (κ2) is 7.18. The van der Waals surface area contributed by atoms with Crippen LogP contribution < -0.4 is 9.47 Å². The summed E-state index contributed by atoms with van der Waals surface area (Å²) < 4.78 is 28.3. The Balaban J connectivity index is 1.79. The van der Waals surface area contributed by atoms with E-state index in [4.69, 9.17) is 23.7 Å². The highest BCUT2D eigenvalue weighted by atomic mass is 16.7. The van der Waals surface area contributed by atoms with Crippen LogP contribution >= 0.6 is 0 Å². The first kappa shape index (κ1) is 21.2. The molecule has 0 bridgehead atoms. The maximum absolute atomic E-state index is 13.7. The van der Waals surface area contributed by atoms with Crippen molar-refractivity contribution < 1.29 is 38.1 Å². The highest BCUT2D eigenvalue weighted by Gasteiger charge is 2.78. The number of carbonyl (C=O) groups is 3. The van der Waals surface area contributed by atoms with Gasteiger partial charge in [0, 0.05) is 19.4 Å². The number of Topliss-reactive ketones (excluding diaryl/α,β-unsaturated/α-hetero) is 1. The number of ketones is 1. The number of rotatable bonds is 4. The number of nitrogens with zero attached hydrogens (tertiary/aromatic N) is 1. The number of methoxy groups -OCH3 is 2. The van der Waals surface area contributed by atoms with E-state index in [1.807, 2.05) is 6.07 Å². The van der Waals surface area contributed by atoms with Crippen molar-refractivity contribution in [3.05, 3.63) is 23.3 Å². The minimum atomic E-state index is -1.77. The van der Waals surface area contributed by atoms with Crippen LogP contribution in [-0.4, -0.2) is 68.9 Å². The summed E-state index contributed by atoms with van der Waals surface area (Å²) >= 11 is 0. The molecule has 2 spiro atoms. The number of benzene rings is 1. The van der Waals surface area contributed by atoms with Crippen LogP contribution in [0, 0.1) is 5.41 Å². The lowest BCUT2D eigenvalue weighted by Crippen LogP contribution is -2.65. The van der Waals surface area contributed by atoms with Gasteiger partial charge >= 0.3 is 5.97 Å². The average molecular weight is 445 g/mol. The van der Waals surface area contributed by atoms with Gasteiger partial charge in [0.05, 0.1) is 39.6 Å². The van der Waals surface area contributed by atoms with E-state index in [1.54, 1.807) is 25.0 Å². The lowest BCUT2D eigenvalue weighted by molar-refractivity contribution is -0.231. The number of carbonyl (C=O) groups excluding carboxylic acids is 3.